The van der Waals surface area contributed by atoms with Crippen molar-refractivity contribution in [3.63, 3.8) is 0 Å². The maximum Gasteiger partial charge on any atom is 0.343 e. The predicted octanol–water partition coefficient (Wildman–Crippen LogP) is 4.91. The van der Waals surface area contributed by atoms with Gasteiger partial charge in [0.1, 0.15) is 5.75 Å². The number of carbonyl (C=O) groups excluding carboxylic acids is 1. The van der Waals surface area contributed by atoms with Crippen LogP contribution in [0.25, 0.3) is 28.0 Å². The lowest BCUT2D eigenvalue weighted by molar-refractivity contribution is -0.142. The van der Waals surface area contributed by atoms with Crippen molar-refractivity contribution in [3.05, 3.63) is 112 Å². The Kier molecular flexibility index (Phi) is 6.86. The number of nitrogens with zero attached hydrogens (tertiary/aromatic N) is 4. The van der Waals surface area contributed by atoms with Crippen molar-refractivity contribution >= 4 is 23.1 Å². The third-order valence-corrected chi connectivity index (χ3v) is 6.25. The van der Waals surface area contributed by atoms with Crippen LogP contribution in [-0.2, 0) is 9.53 Å². The minimum Gasteiger partial charge on any atom is -0.482 e. The van der Waals surface area contributed by atoms with Gasteiger partial charge in [-0.2, -0.15) is 9.78 Å². The van der Waals surface area contributed by atoms with Gasteiger partial charge < -0.3 is 14.0 Å². The number of ether oxygens (including phenoxy) is 2. The summed E-state index contributed by atoms with van der Waals surface area (Å²) >= 11 is 0. The molecule has 0 atom stereocenters. The number of carbonyl (C=O) groups is 1. The minimum atomic E-state index is -0.439. The fraction of sp³-hybridized carbons (Fsp3) is 0.133. The minimum absolute atomic E-state index is 0.147. The van der Waals surface area contributed by atoms with Gasteiger partial charge in [0, 0.05) is 28.2 Å². The first kappa shape index (κ1) is 24.7. The number of aryl methyl sites for hydroxylation is 1. The van der Waals surface area contributed by atoms with Gasteiger partial charge in [-0.3, -0.25) is 4.79 Å². The summed E-state index contributed by atoms with van der Waals surface area (Å²) in [5.41, 5.74) is 4.94. The van der Waals surface area contributed by atoms with Crippen LogP contribution in [-0.4, -0.2) is 40.1 Å². The van der Waals surface area contributed by atoms with Crippen molar-refractivity contribution in [2.75, 3.05) is 13.7 Å². The van der Waals surface area contributed by atoms with Crippen LogP contribution in [0.3, 0.4) is 0 Å². The number of benzene rings is 3. The molecule has 0 aliphatic heterocycles. The zero-order chi connectivity index (χ0) is 26.6. The van der Waals surface area contributed by atoms with Crippen LogP contribution in [0.2, 0.25) is 0 Å². The SMILES string of the molecule is COC(=O)COc1ccc(-n2c(C)cc(C=Nn3c(-c4ccccc4)nc4ccccc4c3=O)c2C)cc1. The average Bonchev–Trinajstić information content (AvgIpc) is 3.24. The second-order valence-corrected chi connectivity index (χ2v) is 8.70. The van der Waals surface area contributed by atoms with Crippen molar-refractivity contribution in [2.45, 2.75) is 13.8 Å². The standard InChI is InChI=1S/C30H26N4O4/c1-20-17-23(21(2)33(20)24-13-15-25(16-14-24)38-19-28(35)37-3)18-31-34-29(22-9-5-4-6-10-22)32-27-12-8-7-11-26(27)30(34)36/h4-18H,19H2,1-3H3. The Morgan fingerprint density at radius 3 is 2.42 bits per heavy atom. The molecule has 0 amide bonds. The molecule has 0 unspecified atom stereocenters. The fourth-order valence-corrected chi connectivity index (χ4v) is 4.33. The molecule has 190 valence electrons. The largest absolute Gasteiger partial charge is 0.482 e. The van der Waals surface area contributed by atoms with E-state index < -0.39 is 5.97 Å². The zero-order valence-corrected chi connectivity index (χ0v) is 21.3. The molecule has 8 nitrogen and oxygen atoms in total. The van der Waals surface area contributed by atoms with Crippen LogP contribution < -0.4 is 10.3 Å². The summed E-state index contributed by atoms with van der Waals surface area (Å²) in [4.78, 5) is 29.5. The molecule has 0 bridgehead atoms. The molecule has 5 rings (SSSR count). The Labute approximate surface area is 219 Å². The molecule has 0 radical (unpaired) electrons. The highest BCUT2D eigenvalue weighted by molar-refractivity contribution is 5.83. The highest BCUT2D eigenvalue weighted by Crippen LogP contribution is 2.23. The van der Waals surface area contributed by atoms with Crippen LogP contribution in [0.1, 0.15) is 17.0 Å². The zero-order valence-electron chi connectivity index (χ0n) is 21.3. The van der Waals surface area contributed by atoms with Crippen molar-refractivity contribution < 1.29 is 14.3 Å². The molecule has 2 heterocycles. The maximum absolute atomic E-state index is 13.4. The summed E-state index contributed by atoms with van der Waals surface area (Å²) in [5.74, 6) is 0.605. The molecule has 0 N–H and O–H groups in total. The van der Waals surface area contributed by atoms with Crippen molar-refractivity contribution in [3.8, 4) is 22.8 Å². The van der Waals surface area contributed by atoms with E-state index in [9.17, 15) is 9.59 Å². The molecule has 2 aromatic heterocycles. The van der Waals surface area contributed by atoms with Crippen LogP contribution in [0.4, 0.5) is 0 Å². The first-order valence-electron chi connectivity index (χ1n) is 12.1. The molecule has 8 heteroatoms. The lowest BCUT2D eigenvalue weighted by atomic mass is 10.2. The summed E-state index contributed by atoms with van der Waals surface area (Å²) in [6, 6.07) is 26.3. The average molecular weight is 507 g/mol. The Balaban J connectivity index is 1.51. The molecular weight excluding hydrogens is 480 g/mol. The number of fused-ring (bicyclic) bond motifs is 1. The van der Waals surface area contributed by atoms with Gasteiger partial charge in [-0.15, -0.1) is 0 Å². The van der Waals surface area contributed by atoms with Crippen LogP contribution in [0.5, 0.6) is 5.75 Å². The fourth-order valence-electron chi connectivity index (χ4n) is 4.33. The Morgan fingerprint density at radius 2 is 1.68 bits per heavy atom. The number of hydrogen-bond acceptors (Lipinski definition) is 6. The van der Waals surface area contributed by atoms with Gasteiger partial charge in [-0.25, -0.2) is 9.78 Å². The van der Waals surface area contributed by atoms with E-state index in [1.54, 1.807) is 24.4 Å². The molecule has 0 spiro atoms. The van der Waals surface area contributed by atoms with Gasteiger partial charge in [0.15, 0.2) is 12.4 Å². The van der Waals surface area contributed by atoms with Gasteiger partial charge in [-0.1, -0.05) is 42.5 Å². The van der Waals surface area contributed by atoms with E-state index in [4.69, 9.17) is 9.72 Å². The van der Waals surface area contributed by atoms with E-state index in [0.717, 1.165) is 28.2 Å². The molecule has 0 fully saturated rings. The highest BCUT2D eigenvalue weighted by Gasteiger charge is 2.14. The van der Waals surface area contributed by atoms with E-state index in [0.29, 0.717) is 22.5 Å². The van der Waals surface area contributed by atoms with Crippen molar-refractivity contribution in [1.82, 2.24) is 14.2 Å². The van der Waals surface area contributed by atoms with E-state index in [-0.39, 0.29) is 12.2 Å². The number of para-hydroxylation sites is 1. The number of methoxy groups -OCH3 is 1. The summed E-state index contributed by atoms with van der Waals surface area (Å²) in [7, 11) is 1.32. The normalized spacial score (nSPS) is 11.2. The molecular formula is C30H26N4O4. The van der Waals surface area contributed by atoms with Gasteiger partial charge in [0.05, 0.1) is 24.2 Å². The summed E-state index contributed by atoms with van der Waals surface area (Å²) < 4.78 is 13.5. The van der Waals surface area contributed by atoms with E-state index in [1.807, 2.05) is 80.6 Å². The first-order chi connectivity index (χ1) is 18.5. The molecule has 0 saturated heterocycles. The molecule has 0 aliphatic rings. The highest BCUT2D eigenvalue weighted by atomic mass is 16.6. The van der Waals surface area contributed by atoms with Crippen molar-refractivity contribution in [2.24, 2.45) is 5.10 Å². The second-order valence-electron chi connectivity index (χ2n) is 8.70. The predicted molar refractivity (Wildman–Crippen MR) is 147 cm³/mol. The number of rotatable bonds is 7. The van der Waals surface area contributed by atoms with Gasteiger partial charge in [-0.05, 0) is 56.3 Å². The third-order valence-electron chi connectivity index (χ3n) is 6.25. The van der Waals surface area contributed by atoms with Gasteiger partial charge in [0.2, 0.25) is 0 Å². The molecule has 3 aromatic carbocycles. The molecule has 38 heavy (non-hydrogen) atoms. The number of hydrogen-bond donors (Lipinski definition) is 0. The van der Waals surface area contributed by atoms with Crippen LogP contribution >= 0.6 is 0 Å². The monoisotopic (exact) mass is 506 g/mol. The second kappa shape index (κ2) is 10.6. The molecule has 0 saturated carbocycles. The quantitative estimate of drug-likeness (QED) is 0.231. The Bertz CT molecular complexity index is 1700. The lowest BCUT2D eigenvalue weighted by Gasteiger charge is -2.11. The van der Waals surface area contributed by atoms with Gasteiger partial charge in [0.25, 0.3) is 5.56 Å². The first-order valence-corrected chi connectivity index (χ1v) is 12.1. The smallest absolute Gasteiger partial charge is 0.343 e. The maximum atomic E-state index is 13.4. The van der Waals surface area contributed by atoms with Crippen molar-refractivity contribution in [1.29, 1.82) is 0 Å². The summed E-state index contributed by atoms with van der Waals surface area (Å²) in [5, 5.41) is 5.12. The van der Waals surface area contributed by atoms with E-state index in [2.05, 4.69) is 14.4 Å². The summed E-state index contributed by atoms with van der Waals surface area (Å²) in [6.45, 7) is 3.85. The molecule has 5 aromatic rings. The number of aromatic nitrogens is 3. The van der Waals surface area contributed by atoms with Gasteiger partial charge >= 0.3 is 5.97 Å². The van der Waals surface area contributed by atoms with E-state index in [1.165, 1.54) is 11.8 Å². The Morgan fingerprint density at radius 1 is 0.974 bits per heavy atom. The van der Waals surface area contributed by atoms with E-state index >= 15 is 0 Å². The Hall–Kier alpha value is -4.98. The van der Waals surface area contributed by atoms with Crippen LogP contribution in [0, 0.1) is 13.8 Å². The third kappa shape index (κ3) is 4.84. The lowest BCUT2D eigenvalue weighted by Crippen LogP contribution is -2.20. The summed E-state index contributed by atoms with van der Waals surface area (Å²) in [6.07, 6.45) is 1.69. The molecule has 0 aliphatic carbocycles. The number of esters is 1. The van der Waals surface area contributed by atoms with Crippen LogP contribution in [0.15, 0.2) is 94.8 Å². The topological polar surface area (TPSA) is 87.7 Å².